The Hall–Kier alpha value is -6.88. The Balaban J connectivity index is 1.16. The molecule has 0 aliphatic carbocycles. The zero-order chi connectivity index (χ0) is 37.3. The molecule has 0 saturated carbocycles. The van der Waals surface area contributed by atoms with Crippen molar-refractivity contribution in [1.29, 1.82) is 0 Å². The fourth-order valence-electron chi connectivity index (χ4n) is 5.93. The average Bonchev–Trinajstić information content (AvgIpc) is 3.20. The smallest absolute Gasteiger partial charge is 0.281 e. The standard InChI is InChI=1S/C43H36N4O6/c48-38-23-21-30(26-32(38)28-44-46-40(50)42(52,34-13-5-1-6-14-34)35-15-7-2-8-16-35)25-31-22-24-39(49)33(27-31)29-45-47-41(51)43(53,36-17-9-3-10-18-36)37-19-11-4-12-20-37/h1-24,26-29,48-49,52-53H,25H2,(H,46,50)(H,47,51). The van der Waals surface area contributed by atoms with Crippen LogP contribution in [0.2, 0.25) is 0 Å². The molecule has 0 spiro atoms. The van der Waals surface area contributed by atoms with Crippen molar-refractivity contribution in [3.8, 4) is 11.5 Å². The summed E-state index contributed by atoms with van der Waals surface area (Å²) in [7, 11) is 0. The molecule has 6 rings (SSSR count). The molecular weight excluding hydrogens is 668 g/mol. The first kappa shape index (κ1) is 35.9. The predicted octanol–water partition coefficient (Wildman–Crippen LogP) is 5.46. The summed E-state index contributed by atoms with van der Waals surface area (Å²) in [5.74, 6) is -1.70. The van der Waals surface area contributed by atoms with Crippen LogP contribution in [0.15, 0.2) is 168 Å². The van der Waals surface area contributed by atoms with Gasteiger partial charge in [0.1, 0.15) is 11.5 Å². The van der Waals surface area contributed by atoms with Gasteiger partial charge in [0, 0.05) is 11.1 Å². The molecule has 264 valence electrons. The van der Waals surface area contributed by atoms with Gasteiger partial charge in [-0.05, 0) is 64.1 Å². The first-order valence-corrected chi connectivity index (χ1v) is 16.7. The van der Waals surface area contributed by atoms with Crippen LogP contribution in [0.3, 0.4) is 0 Å². The number of carbonyl (C=O) groups excluding carboxylic acids is 2. The number of carbonyl (C=O) groups is 2. The third-order valence-electron chi connectivity index (χ3n) is 8.76. The van der Waals surface area contributed by atoms with Gasteiger partial charge in [0.15, 0.2) is 11.2 Å². The lowest BCUT2D eigenvalue weighted by Gasteiger charge is -2.27. The highest BCUT2D eigenvalue weighted by atomic mass is 16.3. The minimum atomic E-state index is -2.02. The molecule has 0 aliphatic heterocycles. The normalized spacial score (nSPS) is 11.8. The van der Waals surface area contributed by atoms with Crippen LogP contribution in [0, 0.1) is 0 Å². The van der Waals surface area contributed by atoms with Crippen molar-refractivity contribution in [3.05, 3.63) is 202 Å². The molecule has 0 bridgehead atoms. The van der Waals surface area contributed by atoms with Crippen molar-refractivity contribution in [2.75, 3.05) is 0 Å². The zero-order valence-corrected chi connectivity index (χ0v) is 28.4. The Kier molecular flexibility index (Phi) is 10.8. The quantitative estimate of drug-likeness (QED) is 0.0732. The molecule has 0 unspecified atom stereocenters. The van der Waals surface area contributed by atoms with E-state index >= 15 is 0 Å². The van der Waals surface area contributed by atoms with Gasteiger partial charge in [-0.15, -0.1) is 0 Å². The molecule has 53 heavy (non-hydrogen) atoms. The minimum Gasteiger partial charge on any atom is -0.507 e. The van der Waals surface area contributed by atoms with Crippen molar-refractivity contribution in [2.24, 2.45) is 10.2 Å². The van der Waals surface area contributed by atoms with Crippen LogP contribution in [-0.4, -0.2) is 44.7 Å². The molecule has 2 amide bonds. The number of amides is 2. The van der Waals surface area contributed by atoms with E-state index in [9.17, 15) is 30.0 Å². The van der Waals surface area contributed by atoms with Crippen molar-refractivity contribution >= 4 is 24.2 Å². The van der Waals surface area contributed by atoms with Crippen molar-refractivity contribution in [1.82, 2.24) is 10.9 Å². The van der Waals surface area contributed by atoms with E-state index in [4.69, 9.17) is 0 Å². The maximum Gasteiger partial charge on any atom is 0.281 e. The van der Waals surface area contributed by atoms with Crippen LogP contribution < -0.4 is 10.9 Å². The number of rotatable bonds is 12. The van der Waals surface area contributed by atoms with E-state index < -0.39 is 23.0 Å². The van der Waals surface area contributed by atoms with Crippen LogP contribution in [0.4, 0.5) is 0 Å². The van der Waals surface area contributed by atoms with E-state index in [-0.39, 0.29) is 11.5 Å². The monoisotopic (exact) mass is 704 g/mol. The van der Waals surface area contributed by atoms with Gasteiger partial charge >= 0.3 is 0 Å². The highest BCUT2D eigenvalue weighted by Gasteiger charge is 2.41. The van der Waals surface area contributed by atoms with Gasteiger partial charge in [-0.1, -0.05) is 133 Å². The number of nitrogens with zero attached hydrogens (tertiary/aromatic N) is 2. The lowest BCUT2D eigenvalue weighted by atomic mass is 9.85. The van der Waals surface area contributed by atoms with Crippen LogP contribution in [0.1, 0.15) is 44.5 Å². The Morgan fingerprint density at radius 3 is 1.09 bits per heavy atom. The van der Waals surface area contributed by atoms with Gasteiger partial charge < -0.3 is 20.4 Å². The number of aliphatic hydroxyl groups is 2. The summed E-state index contributed by atoms with van der Waals surface area (Å²) in [6.45, 7) is 0. The van der Waals surface area contributed by atoms with Crippen LogP contribution in [0.5, 0.6) is 11.5 Å². The number of nitrogens with one attached hydrogen (secondary N) is 2. The van der Waals surface area contributed by atoms with Gasteiger partial charge in [0.2, 0.25) is 0 Å². The molecular formula is C43H36N4O6. The average molecular weight is 705 g/mol. The molecule has 0 heterocycles. The minimum absolute atomic E-state index is 0.0756. The summed E-state index contributed by atoms with van der Waals surface area (Å²) in [5.41, 5.74) is 4.45. The highest BCUT2D eigenvalue weighted by molar-refractivity contribution is 5.92. The SMILES string of the molecule is O=C(NN=Cc1cc(Cc2ccc(O)c(C=NNC(=O)C(O)(c3ccccc3)c3ccccc3)c2)ccc1O)C(O)(c1ccccc1)c1ccccc1. The largest absolute Gasteiger partial charge is 0.507 e. The molecule has 0 radical (unpaired) electrons. The summed E-state index contributed by atoms with van der Waals surface area (Å²) >= 11 is 0. The molecule has 10 nitrogen and oxygen atoms in total. The summed E-state index contributed by atoms with van der Waals surface area (Å²) in [5, 5.41) is 52.5. The summed E-state index contributed by atoms with van der Waals surface area (Å²) < 4.78 is 0. The number of hydrogen-bond donors (Lipinski definition) is 6. The predicted molar refractivity (Wildman–Crippen MR) is 202 cm³/mol. The molecule has 0 aliphatic rings. The Morgan fingerprint density at radius 1 is 0.491 bits per heavy atom. The Morgan fingerprint density at radius 2 is 0.792 bits per heavy atom. The second kappa shape index (κ2) is 16.0. The maximum atomic E-state index is 13.4. The Labute approximate surface area is 306 Å². The van der Waals surface area contributed by atoms with Gasteiger partial charge in [0.05, 0.1) is 12.4 Å². The first-order chi connectivity index (χ1) is 25.7. The van der Waals surface area contributed by atoms with E-state index in [0.717, 1.165) is 11.1 Å². The molecule has 6 aromatic carbocycles. The van der Waals surface area contributed by atoms with E-state index in [2.05, 4.69) is 21.1 Å². The fourth-order valence-corrected chi connectivity index (χ4v) is 5.93. The molecule has 6 aromatic rings. The molecule has 0 atom stereocenters. The van der Waals surface area contributed by atoms with E-state index in [0.29, 0.717) is 39.8 Å². The van der Waals surface area contributed by atoms with Crippen LogP contribution in [0.25, 0.3) is 0 Å². The number of phenolic OH excluding ortho intramolecular Hbond substituents is 2. The zero-order valence-electron chi connectivity index (χ0n) is 28.4. The van der Waals surface area contributed by atoms with E-state index in [1.54, 1.807) is 146 Å². The summed E-state index contributed by atoms with van der Waals surface area (Å²) in [6, 6.07) is 44.0. The van der Waals surface area contributed by atoms with Crippen molar-refractivity contribution < 1.29 is 30.0 Å². The van der Waals surface area contributed by atoms with Gasteiger partial charge in [-0.3, -0.25) is 9.59 Å². The van der Waals surface area contributed by atoms with E-state index in [1.165, 1.54) is 24.6 Å². The lowest BCUT2D eigenvalue weighted by Crippen LogP contribution is -2.43. The summed E-state index contributed by atoms with van der Waals surface area (Å²) in [6.07, 6.45) is 2.96. The summed E-state index contributed by atoms with van der Waals surface area (Å²) in [4.78, 5) is 26.8. The number of hydrogen-bond acceptors (Lipinski definition) is 8. The number of aromatic hydroxyl groups is 2. The maximum absolute atomic E-state index is 13.4. The third kappa shape index (κ3) is 7.89. The molecule has 0 aromatic heterocycles. The topological polar surface area (TPSA) is 164 Å². The third-order valence-corrected chi connectivity index (χ3v) is 8.76. The fraction of sp³-hybridized carbons (Fsp3) is 0.0698. The molecule has 0 saturated heterocycles. The number of phenols is 2. The van der Waals surface area contributed by atoms with Crippen LogP contribution >= 0.6 is 0 Å². The van der Waals surface area contributed by atoms with Gasteiger partial charge in [-0.25, -0.2) is 10.9 Å². The van der Waals surface area contributed by atoms with Crippen LogP contribution in [-0.2, 0) is 27.2 Å². The second-order valence-corrected chi connectivity index (χ2v) is 12.2. The molecule has 0 fully saturated rings. The van der Waals surface area contributed by atoms with E-state index in [1.807, 2.05) is 0 Å². The number of benzene rings is 6. The Bertz CT molecular complexity index is 2010. The lowest BCUT2D eigenvalue weighted by molar-refractivity contribution is -0.137. The molecule has 6 N–H and O–H groups in total. The van der Waals surface area contributed by atoms with Gasteiger partial charge in [-0.2, -0.15) is 10.2 Å². The highest BCUT2D eigenvalue weighted by Crippen LogP contribution is 2.31. The number of hydrazone groups is 2. The van der Waals surface area contributed by atoms with Crippen molar-refractivity contribution in [2.45, 2.75) is 17.6 Å². The molecule has 10 heteroatoms. The van der Waals surface area contributed by atoms with Gasteiger partial charge in [0.25, 0.3) is 11.8 Å². The second-order valence-electron chi connectivity index (χ2n) is 12.2. The first-order valence-electron chi connectivity index (χ1n) is 16.7. The van der Waals surface area contributed by atoms with Crippen molar-refractivity contribution in [3.63, 3.8) is 0 Å².